The molecule has 178 valence electrons. The lowest BCUT2D eigenvalue weighted by molar-refractivity contribution is 0.153. The summed E-state index contributed by atoms with van der Waals surface area (Å²) >= 11 is 5.84. The van der Waals surface area contributed by atoms with Gasteiger partial charge >= 0.3 is 6.09 Å². The molecule has 4 rings (SSSR count). The fourth-order valence-electron chi connectivity index (χ4n) is 4.13. The standard InChI is InChI=1S/C22H20ClFN4O5S/c1-34(32,33)21-25-7-4-18(26-21)13-6-9-28(19(29)11-13)20(14-2-3-16(23)17(24)10-14)15-5-8-27(12-15)22(30)31/h2-4,6-7,9-11,15,20H,5,8,12H2,1H3,(H,30,31). The van der Waals surface area contributed by atoms with Crippen LogP contribution in [0.1, 0.15) is 18.0 Å². The van der Waals surface area contributed by atoms with E-state index in [1.54, 1.807) is 12.1 Å². The predicted octanol–water partition coefficient (Wildman–Crippen LogP) is 3.09. The number of carboxylic acid groups (broad SMARTS) is 1. The minimum Gasteiger partial charge on any atom is -0.465 e. The number of halogens is 2. The van der Waals surface area contributed by atoms with Crippen LogP contribution in [-0.2, 0) is 9.84 Å². The van der Waals surface area contributed by atoms with Crippen molar-refractivity contribution in [1.82, 2.24) is 19.4 Å². The van der Waals surface area contributed by atoms with Crippen LogP contribution in [0, 0.1) is 11.7 Å². The van der Waals surface area contributed by atoms with Gasteiger partial charge < -0.3 is 14.6 Å². The summed E-state index contributed by atoms with van der Waals surface area (Å²) in [5.41, 5.74) is 0.682. The van der Waals surface area contributed by atoms with Crippen molar-refractivity contribution in [3.8, 4) is 11.3 Å². The molecular formula is C22H20ClFN4O5S. The lowest BCUT2D eigenvalue weighted by Gasteiger charge is -2.27. The number of likely N-dealkylation sites (tertiary alicyclic amines) is 1. The van der Waals surface area contributed by atoms with Gasteiger partial charge in [-0.05, 0) is 36.2 Å². The minimum atomic E-state index is -3.64. The number of hydrogen-bond acceptors (Lipinski definition) is 6. The molecular weight excluding hydrogens is 487 g/mol. The van der Waals surface area contributed by atoms with E-state index in [-0.39, 0.29) is 28.3 Å². The van der Waals surface area contributed by atoms with E-state index >= 15 is 0 Å². The molecule has 1 aromatic carbocycles. The molecule has 3 heterocycles. The molecule has 9 nitrogen and oxygen atoms in total. The zero-order valence-electron chi connectivity index (χ0n) is 17.9. The van der Waals surface area contributed by atoms with Crippen molar-refractivity contribution in [2.75, 3.05) is 19.3 Å². The topological polar surface area (TPSA) is 122 Å². The van der Waals surface area contributed by atoms with E-state index in [9.17, 15) is 27.5 Å². The first-order valence-electron chi connectivity index (χ1n) is 10.2. The zero-order chi connectivity index (χ0) is 24.6. The molecule has 34 heavy (non-hydrogen) atoms. The second-order valence-electron chi connectivity index (χ2n) is 8.05. The smallest absolute Gasteiger partial charge is 0.407 e. The van der Waals surface area contributed by atoms with Crippen LogP contribution in [0.25, 0.3) is 11.3 Å². The number of benzene rings is 1. The second-order valence-corrected chi connectivity index (χ2v) is 10.4. The van der Waals surface area contributed by atoms with Crippen LogP contribution < -0.4 is 5.56 Å². The first kappa shape index (κ1) is 23.8. The van der Waals surface area contributed by atoms with E-state index in [0.29, 0.717) is 24.1 Å². The molecule has 12 heteroatoms. The van der Waals surface area contributed by atoms with Crippen molar-refractivity contribution in [2.24, 2.45) is 5.92 Å². The Labute approximate surface area is 199 Å². The van der Waals surface area contributed by atoms with Crippen LogP contribution in [0.2, 0.25) is 5.02 Å². The van der Waals surface area contributed by atoms with E-state index in [4.69, 9.17) is 11.6 Å². The summed E-state index contributed by atoms with van der Waals surface area (Å²) in [7, 11) is -3.64. The molecule has 1 aliphatic heterocycles. The summed E-state index contributed by atoms with van der Waals surface area (Å²) in [5, 5.41) is 8.94. The Balaban J connectivity index is 1.77. The highest BCUT2D eigenvalue weighted by atomic mass is 35.5. The van der Waals surface area contributed by atoms with Gasteiger partial charge in [0.25, 0.3) is 5.56 Å². The van der Waals surface area contributed by atoms with Crippen LogP contribution >= 0.6 is 11.6 Å². The summed E-state index contributed by atoms with van der Waals surface area (Å²) < 4.78 is 39.3. The van der Waals surface area contributed by atoms with Gasteiger partial charge in [0, 0.05) is 49.3 Å². The fourth-order valence-corrected chi connectivity index (χ4v) is 4.77. The summed E-state index contributed by atoms with van der Waals surface area (Å²) in [5.74, 6) is -0.924. The highest BCUT2D eigenvalue weighted by Crippen LogP contribution is 2.34. The van der Waals surface area contributed by atoms with E-state index in [1.165, 1.54) is 46.1 Å². The van der Waals surface area contributed by atoms with Gasteiger partial charge in [0.2, 0.25) is 15.0 Å². The van der Waals surface area contributed by atoms with E-state index < -0.39 is 33.3 Å². The first-order valence-corrected chi connectivity index (χ1v) is 12.5. The third-order valence-corrected chi connectivity index (χ3v) is 6.90. The maximum Gasteiger partial charge on any atom is 0.407 e. The van der Waals surface area contributed by atoms with Gasteiger partial charge in [-0.2, -0.15) is 0 Å². The normalized spacial score (nSPS) is 17.0. The second kappa shape index (κ2) is 9.15. The molecule has 2 aromatic heterocycles. The molecule has 0 bridgehead atoms. The van der Waals surface area contributed by atoms with Gasteiger partial charge in [-0.1, -0.05) is 17.7 Å². The Morgan fingerprint density at radius 1 is 1.26 bits per heavy atom. The van der Waals surface area contributed by atoms with Gasteiger partial charge in [-0.25, -0.2) is 27.6 Å². The average Bonchev–Trinajstić information content (AvgIpc) is 3.27. The van der Waals surface area contributed by atoms with Crippen molar-refractivity contribution in [2.45, 2.75) is 17.6 Å². The van der Waals surface area contributed by atoms with Crippen molar-refractivity contribution in [1.29, 1.82) is 0 Å². The van der Waals surface area contributed by atoms with E-state index in [2.05, 4.69) is 9.97 Å². The molecule has 0 spiro atoms. The third-order valence-electron chi connectivity index (χ3n) is 5.74. The average molecular weight is 507 g/mol. The molecule has 0 aliphatic carbocycles. The molecule has 1 amide bonds. The van der Waals surface area contributed by atoms with Gasteiger partial charge in [-0.3, -0.25) is 4.79 Å². The number of nitrogens with zero attached hydrogens (tertiary/aromatic N) is 4. The van der Waals surface area contributed by atoms with Crippen LogP contribution in [0.15, 0.2) is 58.7 Å². The Kier molecular flexibility index (Phi) is 6.41. The van der Waals surface area contributed by atoms with Crippen molar-refractivity contribution < 1.29 is 22.7 Å². The SMILES string of the molecule is CS(=O)(=O)c1nccc(-c2ccn(C(c3ccc(Cl)c(F)c3)C3CCN(C(=O)O)C3)c(=O)c2)n1. The zero-order valence-corrected chi connectivity index (χ0v) is 19.5. The highest BCUT2D eigenvalue weighted by Gasteiger charge is 2.34. The molecule has 0 saturated carbocycles. The van der Waals surface area contributed by atoms with Gasteiger partial charge in [-0.15, -0.1) is 0 Å². The number of aromatic nitrogens is 3. The molecule has 2 unspecified atom stereocenters. The number of sulfone groups is 1. The van der Waals surface area contributed by atoms with Crippen molar-refractivity contribution >= 4 is 27.5 Å². The van der Waals surface area contributed by atoms with Crippen LogP contribution in [0.3, 0.4) is 0 Å². The highest BCUT2D eigenvalue weighted by molar-refractivity contribution is 7.90. The van der Waals surface area contributed by atoms with Crippen LogP contribution in [0.4, 0.5) is 9.18 Å². The predicted molar refractivity (Wildman–Crippen MR) is 122 cm³/mol. The Hall–Kier alpha value is -3.31. The summed E-state index contributed by atoms with van der Waals surface area (Å²) in [6.45, 7) is 0.483. The number of carbonyl (C=O) groups is 1. The monoisotopic (exact) mass is 506 g/mol. The quantitative estimate of drug-likeness (QED) is 0.527. The first-order chi connectivity index (χ1) is 16.0. The third kappa shape index (κ3) is 4.80. The summed E-state index contributed by atoms with van der Waals surface area (Å²) in [4.78, 5) is 33.7. The van der Waals surface area contributed by atoms with E-state index in [1.807, 2.05) is 0 Å². The van der Waals surface area contributed by atoms with E-state index in [0.717, 1.165) is 6.26 Å². The molecule has 1 aliphatic rings. The van der Waals surface area contributed by atoms with Crippen molar-refractivity contribution in [3.05, 3.63) is 75.5 Å². The largest absolute Gasteiger partial charge is 0.465 e. The van der Waals surface area contributed by atoms with Crippen LogP contribution in [0.5, 0.6) is 0 Å². The number of amides is 1. The Morgan fingerprint density at radius 3 is 2.65 bits per heavy atom. The summed E-state index contributed by atoms with van der Waals surface area (Å²) in [6, 6.07) is 8.01. The molecule has 2 atom stereocenters. The summed E-state index contributed by atoms with van der Waals surface area (Å²) in [6.07, 6.45) is 3.22. The van der Waals surface area contributed by atoms with Crippen LogP contribution in [-0.4, -0.2) is 58.4 Å². The lowest BCUT2D eigenvalue weighted by Crippen LogP contribution is -2.33. The van der Waals surface area contributed by atoms with Gasteiger partial charge in [0.15, 0.2) is 0 Å². The molecule has 1 N–H and O–H groups in total. The molecule has 1 fully saturated rings. The maximum atomic E-state index is 14.3. The number of pyridine rings is 1. The van der Waals surface area contributed by atoms with Gasteiger partial charge in [0.05, 0.1) is 16.8 Å². The van der Waals surface area contributed by atoms with Crippen molar-refractivity contribution in [3.63, 3.8) is 0 Å². The molecule has 1 saturated heterocycles. The Bertz CT molecular complexity index is 1430. The lowest BCUT2D eigenvalue weighted by atomic mass is 9.91. The number of hydrogen-bond donors (Lipinski definition) is 1. The Morgan fingerprint density at radius 2 is 2.03 bits per heavy atom. The fraction of sp³-hybridized carbons (Fsp3) is 0.273. The molecule has 0 radical (unpaired) electrons. The number of rotatable bonds is 5. The minimum absolute atomic E-state index is 0.0609. The maximum absolute atomic E-state index is 14.3. The van der Waals surface area contributed by atoms with Gasteiger partial charge in [0.1, 0.15) is 5.82 Å². The molecule has 3 aromatic rings.